The molecular formula is C20H23ClN2O3. The van der Waals surface area contributed by atoms with Crippen molar-refractivity contribution in [1.29, 1.82) is 0 Å². The lowest BCUT2D eigenvalue weighted by Crippen LogP contribution is -2.18. The zero-order valence-corrected chi connectivity index (χ0v) is 15.8. The highest BCUT2D eigenvalue weighted by atomic mass is 35.5. The molecule has 2 aromatic rings. The molecule has 6 heteroatoms. The smallest absolute Gasteiger partial charge is 0.255 e. The first-order valence-corrected chi connectivity index (χ1v) is 9.03. The Morgan fingerprint density at radius 2 is 2.15 bits per heavy atom. The average Bonchev–Trinajstić information content (AvgIpc) is 3.13. The van der Waals surface area contributed by atoms with Crippen LogP contribution in [0, 0.1) is 0 Å². The van der Waals surface area contributed by atoms with Crippen molar-refractivity contribution < 1.29 is 14.3 Å². The summed E-state index contributed by atoms with van der Waals surface area (Å²) in [6.07, 6.45) is 2.23. The number of nitrogens with one attached hydrogen (secondary N) is 1. The first-order chi connectivity index (χ1) is 12.5. The number of hydrogen-bond acceptors (Lipinski definition) is 4. The minimum absolute atomic E-state index is 0.140. The molecule has 1 fully saturated rings. The highest BCUT2D eigenvalue weighted by Gasteiger charge is 2.16. The van der Waals surface area contributed by atoms with Gasteiger partial charge in [-0.15, -0.1) is 0 Å². The van der Waals surface area contributed by atoms with Crippen molar-refractivity contribution in [2.24, 2.45) is 0 Å². The molecule has 26 heavy (non-hydrogen) atoms. The summed E-state index contributed by atoms with van der Waals surface area (Å²) < 4.78 is 11.3. The largest absolute Gasteiger partial charge is 0.491 e. The predicted octanol–water partition coefficient (Wildman–Crippen LogP) is 4.22. The quantitative estimate of drug-likeness (QED) is 0.822. The molecule has 0 spiro atoms. The van der Waals surface area contributed by atoms with E-state index < -0.39 is 0 Å². The highest BCUT2D eigenvalue weighted by Crippen LogP contribution is 2.28. The number of ether oxygens (including phenoxy) is 2. The number of anilines is 2. The molecule has 1 aliphatic heterocycles. The van der Waals surface area contributed by atoms with Gasteiger partial charge in [0.05, 0.1) is 17.5 Å². The lowest BCUT2D eigenvalue weighted by molar-refractivity contribution is 0.0679. The summed E-state index contributed by atoms with van der Waals surface area (Å²) in [5.74, 6) is 0.449. The number of nitrogens with zero attached hydrogens (tertiary/aromatic N) is 1. The Bertz CT molecular complexity index is 773. The number of rotatable bonds is 6. The maximum atomic E-state index is 12.7. The third-order valence-corrected chi connectivity index (χ3v) is 4.48. The molecule has 0 aromatic heterocycles. The van der Waals surface area contributed by atoms with Gasteiger partial charge < -0.3 is 19.7 Å². The lowest BCUT2D eigenvalue weighted by atomic mass is 10.2. The van der Waals surface area contributed by atoms with E-state index in [9.17, 15) is 4.79 Å². The number of carbonyl (C=O) groups is 1. The van der Waals surface area contributed by atoms with Gasteiger partial charge >= 0.3 is 0 Å². The Hall–Kier alpha value is -2.24. The van der Waals surface area contributed by atoms with Crippen LogP contribution in [-0.4, -0.2) is 39.3 Å². The SMILES string of the molecule is CN(C)c1ccc(Cl)cc1NC(=O)c1cccc(OCC2CCCO2)c1. The van der Waals surface area contributed by atoms with Crippen molar-refractivity contribution in [2.75, 3.05) is 37.5 Å². The maximum absolute atomic E-state index is 12.7. The van der Waals surface area contributed by atoms with Gasteiger partial charge in [0, 0.05) is 31.3 Å². The van der Waals surface area contributed by atoms with Gasteiger partial charge in [-0.3, -0.25) is 4.79 Å². The Kier molecular flexibility index (Phi) is 6.01. The molecule has 2 aromatic carbocycles. The second-order valence-electron chi connectivity index (χ2n) is 6.48. The number of halogens is 1. The Balaban J connectivity index is 1.70. The molecule has 0 saturated carbocycles. The van der Waals surface area contributed by atoms with Crippen LogP contribution in [0.2, 0.25) is 5.02 Å². The molecule has 1 saturated heterocycles. The molecule has 5 nitrogen and oxygen atoms in total. The fourth-order valence-corrected chi connectivity index (χ4v) is 3.06. The topological polar surface area (TPSA) is 50.8 Å². The van der Waals surface area contributed by atoms with E-state index in [1.54, 1.807) is 24.3 Å². The van der Waals surface area contributed by atoms with E-state index in [1.807, 2.05) is 37.2 Å². The van der Waals surface area contributed by atoms with Crippen LogP contribution in [0.4, 0.5) is 11.4 Å². The zero-order valence-electron chi connectivity index (χ0n) is 15.0. The molecule has 1 aliphatic rings. The van der Waals surface area contributed by atoms with Gasteiger partial charge in [-0.05, 0) is 49.2 Å². The molecule has 0 aliphatic carbocycles. The fourth-order valence-electron chi connectivity index (χ4n) is 2.88. The van der Waals surface area contributed by atoms with E-state index in [-0.39, 0.29) is 12.0 Å². The normalized spacial score (nSPS) is 16.3. The zero-order chi connectivity index (χ0) is 18.5. The van der Waals surface area contributed by atoms with Crippen LogP contribution in [0.15, 0.2) is 42.5 Å². The number of benzene rings is 2. The van der Waals surface area contributed by atoms with Gasteiger partial charge in [0.1, 0.15) is 12.4 Å². The number of amides is 1. The Labute approximate surface area is 158 Å². The van der Waals surface area contributed by atoms with E-state index in [0.29, 0.717) is 28.6 Å². The molecule has 1 amide bonds. The number of carbonyl (C=O) groups excluding carboxylic acids is 1. The first-order valence-electron chi connectivity index (χ1n) is 8.65. The van der Waals surface area contributed by atoms with Gasteiger partial charge in [-0.2, -0.15) is 0 Å². The lowest BCUT2D eigenvalue weighted by Gasteiger charge is -2.18. The monoisotopic (exact) mass is 374 g/mol. The third kappa shape index (κ3) is 4.68. The summed E-state index contributed by atoms with van der Waals surface area (Å²) in [6, 6.07) is 12.6. The van der Waals surface area contributed by atoms with Crippen molar-refractivity contribution in [3.63, 3.8) is 0 Å². The first kappa shape index (κ1) is 18.5. The average molecular weight is 375 g/mol. The molecule has 0 bridgehead atoms. The minimum atomic E-state index is -0.210. The van der Waals surface area contributed by atoms with Crippen molar-refractivity contribution in [3.8, 4) is 5.75 Å². The minimum Gasteiger partial charge on any atom is -0.491 e. The van der Waals surface area contributed by atoms with Gasteiger partial charge in [-0.1, -0.05) is 17.7 Å². The molecule has 1 heterocycles. The molecule has 1 N–H and O–H groups in total. The van der Waals surface area contributed by atoms with Crippen LogP contribution in [0.5, 0.6) is 5.75 Å². The van der Waals surface area contributed by atoms with Crippen molar-refractivity contribution in [2.45, 2.75) is 18.9 Å². The standard InChI is InChI=1S/C20H23ClN2O3/c1-23(2)19-9-8-15(21)12-18(19)22-20(24)14-5-3-6-16(11-14)26-13-17-7-4-10-25-17/h3,5-6,8-9,11-12,17H,4,7,10,13H2,1-2H3,(H,22,24). The predicted molar refractivity (Wildman–Crippen MR) is 105 cm³/mol. The molecule has 1 atom stereocenters. The highest BCUT2D eigenvalue weighted by molar-refractivity contribution is 6.31. The van der Waals surface area contributed by atoms with Crippen LogP contribution in [-0.2, 0) is 4.74 Å². The summed E-state index contributed by atoms with van der Waals surface area (Å²) in [6.45, 7) is 1.30. The van der Waals surface area contributed by atoms with Crippen LogP contribution in [0.25, 0.3) is 0 Å². The Morgan fingerprint density at radius 1 is 1.31 bits per heavy atom. The van der Waals surface area contributed by atoms with Gasteiger partial charge in [0.15, 0.2) is 0 Å². The summed E-state index contributed by atoms with van der Waals surface area (Å²) >= 11 is 6.08. The van der Waals surface area contributed by atoms with Crippen LogP contribution in [0.3, 0.4) is 0 Å². The van der Waals surface area contributed by atoms with Crippen molar-refractivity contribution in [1.82, 2.24) is 0 Å². The van der Waals surface area contributed by atoms with E-state index in [4.69, 9.17) is 21.1 Å². The molecular weight excluding hydrogens is 352 g/mol. The third-order valence-electron chi connectivity index (χ3n) is 4.24. The van der Waals surface area contributed by atoms with Gasteiger partial charge in [0.25, 0.3) is 5.91 Å². The summed E-state index contributed by atoms with van der Waals surface area (Å²) in [5, 5.41) is 3.50. The van der Waals surface area contributed by atoms with E-state index in [1.165, 1.54) is 0 Å². The van der Waals surface area contributed by atoms with Crippen molar-refractivity contribution in [3.05, 3.63) is 53.1 Å². The maximum Gasteiger partial charge on any atom is 0.255 e. The fraction of sp³-hybridized carbons (Fsp3) is 0.350. The number of hydrogen-bond donors (Lipinski definition) is 1. The van der Waals surface area contributed by atoms with Crippen molar-refractivity contribution >= 4 is 28.9 Å². The summed E-state index contributed by atoms with van der Waals surface area (Å²) in [5.41, 5.74) is 2.08. The second-order valence-corrected chi connectivity index (χ2v) is 6.92. The van der Waals surface area contributed by atoms with E-state index >= 15 is 0 Å². The van der Waals surface area contributed by atoms with Gasteiger partial charge in [-0.25, -0.2) is 0 Å². The van der Waals surface area contributed by atoms with Gasteiger partial charge in [0.2, 0.25) is 0 Å². The Morgan fingerprint density at radius 3 is 2.88 bits per heavy atom. The molecule has 138 valence electrons. The molecule has 1 unspecified atom stereocenters. The molecule has 3 rings (SSSR count). The van der Waals surface area contributed by atoms with E-state index in [0.717, 1.165) is 25.1 Å². The van der Waals surface area contributed by atoms with Crippen LogP contribution < -0.4 is 15.0 Å². The molecule has 0 radical (unpaired) electrons. The van der Waals surface area contributed by atoms with E-state index in [2.05, 4.69) is 5.32 Å². The summed E-state index contributed by atoms with van der Waals surface area (Å²) in [7, 11) is 3.83. The summed E-state index contributed by atoms with van der Waals surface area (Å²) in [4.78, 5) is 14.6. The second kappa shape index (κ2) is 8.43. The van der Waals surface area contributed by atoms with Crippen LogP contribution >= 0.6 is 11.6 Å². The van der Waals surface area contributed by atoms with Crippen LogP contribution in [0.1, 0.15) is 23.2 Å².